The Bertz CT molecular complexity index is 1200. The van der Waals surface area contributed by atoms with Crippen molar-refractivity contribution in [1.29, 1.82) is 5.26 Å². The van der Waals surface area contributed by atoms with Crippen molar-refractivity contribution in [1.82, 2.24) is 9.78 Å². The number of amides is 1. The van der Waals surface area contributed by atoms with Crippen LogP contribution in [0, 0.1) is 11.3 Å². The van der Waals surface area contributed by atoms with Crippen LogP contribution in [0.25, 0.3) is 0 Å². The fraction of sp³-hybridized carbons (Fsp3) is 0.261. The molecule has 0 bridgehead atoms. The molecule has 1 aromatic heterocycles. The molecule has 10 heteroatoms. The lowest BCUT2D eigenvalue weighted by Gasteiger charge is -2.33. The smallest absolute Gasteiger partial charge is 0.363 e. The van der Waals surface area contributed by atoms with Crippen LogP contribution in [-0.2, 0) is 6.42 Å². The summed E-state index contributed by atoms with van der Waals surface area (Å²) in [5.74, 6) is -0.517. The largest absolute Gasteiger partial charge is 0.410 e. The first-order valence-electron chi connectivity index (χ1n) is 10.2. The number of alkyl halides is 3. The molecule has 1 amide bonds. The molecule has 0 unspecified atom stereocenters. The monoisotopic (exact) mass is 473 g/mol. The molecular weight excluding hydrogens is 455 g/mol. The molecule has 6 nitrogen and oxygen atoms in total. The van der Waals surface area contributed by atoms with Gasteiger partial charge in [-0.15, -0.1) is 0 Å². The summed E-state index contributed by atoms with van der Waals surface area (Å²) >= 11 is 5.90. The molecule has 0 spiro atoms. The second-order valence-corrected chi connectivity index (χ2v) is 8.15. The SMILES string of the molecule is N#CCCc1cccc(NC(=O)c2cc3n(n2)[C@@H](C(F)(F)F)C[C@@H](c2ccc(Cl)cc2)N3)c1. The number of nitriles is 1. The van der Waals surface area contributed by atoms with Gasteiger partial charge in [-0.2, -0.15) is 23.5 Å². The maximum absolute atomic E-state index is 13.8. The first-order valence-corrected chi connectivity index (χ1v) is 10.6. The highest BCUT2D eigenvalue weighted by Gasteiger charge is 2.46. The molecule has 1 aliphatic rings. The quantitative estimate of drug-likeness (QED) is 0.483. The highest BCUT2D eigenvalue weighted by atomic mass is 35.5. The molecule has 3 aromatic rings. The summed E-state index contributed by atoms with van der Waals surface area (Å²) in [7, 11) is 0. The highest BCUT2D eigenvalue weighted by molar-refractivity contribution is 6.30. The molecule has 2 atom stereocenters. The molecule has 0 radical (unpaired) electrons. The van der Waals surface area contributed by atoms with Gasteiger partial charge in [0, 0.05) is 29.6 Å². The topological polar surface area (TPSA) is 82.7 Å². The lowest BCUT2D eigenvalue weighted by molar-refractivity contribution is -0.173. The average molecular weight is 474 g/mol. The second kappa shape index (κ2) is 9.16. The highest BCUT2D eigenvalue weighted by Crippen LogP contribution is 2.43. The molecule has 33 heavy (non-hydrogen) atoms. The Labute approximate surface area is 193 Å². The van der Waals surface area contributed by atoms with Gasteiger partial charge in [-0.3, -0.25) is 4.79 Å². The Balaban J connectivity index is 1.59. The molecule has 1 aliphatic heterocycles. The lowest BCUT2D eigenvalue weighted by Crippen LogP contribution is -2.35. The molecule has 2 heterocycles. The minimum Gasteiger partial charge on any atom is -0.363 e. The number of rotatable bonds is 5. The zero-order chi connectivity index (χ0) is 23.6. The number of aromatic nitrogens is 2. The van der Waals surface area contributed by atoms with Gasteiger partial charge >= 0.3 is 6.18 Å². The fourth-order valence-electron chi connectivity index (χ4n) is 3.80. The molecule has 2 N–H and O–H groups in total. The van der Waals surface area contributed by atoms with Gasteiger partial charge in [-0.1, -0.05) is 35.9 Å². The summed E-state index contributed by atoms with van der Waals surface area (Å²) in [6.07, 6.45) is -3.95. The van der Waals surface area contributed by atoms with Gasteiger partial charge < -0.3 is 10.6 Å². The number of nitrogens with one attached hydrogen (secondary N) is 2. The van der Waals surface area contributed by atoms with E-state index in [0.29, 0.717) is 29.1 Å². The molecule has 0 saturated heterocycles. The van der Waals surface area contributed by atoms with Crippen molar-refractivity contribution in [3.05, 3.63) is 76.4 Å². The first kappa shape index (κ1) is 22.7. The van der Waals surface area contributed by atoms with Gasteiger partial charge in [-0.05, 0) is 41.8 Å². The standard InChI is InChI=1S/C23H19ClF3N5O/c24-16-8-6-15(7-9-16)18-12-20(23(25,26)27)32-21(30-18)13-19(31-32)22(33)29-17-5-1-3-14(11-17)4-2-10-28/h1,3,5-9,11,13,18,20,30H,2,4,12H2,(H,29,33)/t18-,20+/m0/s1. The number of carbonyl (C=O) groups excluding carboxylic acids is 1. The van der Waals surface area contributed by atoms with E-state index in [9.17, 15) is 18.0 Å². The summed E-state index contributed by atoms with van der Waals surface area (Å²) in [5, 5.41) is 18.9. The van der Waals surface area contributed by atoms with Gasteiger partial charge in [0.05, 0.1) is 12.1 Å². The summed E-state index contributed by atoms with van der Waals surface area (Å²) in [6, 6.07) is 14.4. The van der Waals surface area contributed by atoms with Crippen molar-refractivity contribution in [3.8, 4) is 6.07 Å². The van der Waals surface area contributed by atoms with Crippen LogP contribution >= 0.6 is 11.6 Å². The summed E-state index contributed by atoms with van der Waals surface area (Å²) < 4.78 is 42.4. The van der Waals surface area contributed by atoms with E-state index in [0.717, 1.165) is 10.2 Å². The van der Waals surface area contributed by atoms with Crippen LogP contribution in [0.5, 0.6) is 0 Å². The second-order valence-electron chi connectivity index (χ2n) is 7.71. The predicted molar refractivity (Wildman–Crippen MR) is 118 cm³/mol. The summed E-state index contributed by atoms with van der Waals surface area (Å²) in [5.41, 5.74) is 1.86. The summed E-state index contributed by atoms with van der Waals surface area (Å²) in [4.78, 5) is 12.7. The van der Waals surface area contributed by atoms with Crippen LogP contribution in [-0.4, -0.2) is 21.9 Å². The van der Waals surface area contributed by atoms with Crippen LogP contribution in [0.4, 0.5) is 24.7 Å². The minimum atomic E-state index is -4.55. The predicted octanol–water partition coefficient (Wildman–Crippen LogP) is 5.91. The van der Waals surface area contributed by atoms with E-state index in [2.05, 4.69) is 21.8 Å². The van der Waals surface area contributed by atoms with Crippen LogP contribution in [0.2, 0.25) is 5.02 Å². The zero-order valence-electron chi connectivity index (χ0n) is 17.2. The van der Waals surface area contributed by atoms with Crippen molar-refractivity contribution in [2.45, 2.75) is 37.5 Å². The van der Waals surface area contributed by atoms with Gasteiger partial charge in [-0.25, -0.2) is 4.68 Å². The molecule has 0 aliphatic carbocycles. The van der Waals surface area contributed by atoms with E-state index in [4.69, 9.17) is 16.9 Å². The van der Waals surface area contributed by atoms with E-state index in [-0.39, 0.29) is 17.9 Å². The lowest BCUT2D eigenvalue weighted by atomic mass is 9.97. The van der Waals surface area contributed by atoms with Crippen LogP contribution in [0.1, 0.15) is 46.5 Å². The third-order valence-corrected chi connectivity index (χ3v) is 5.66. The van der Waals surface area contributed by atoms with Gasteiger partial charge in [0.25, 0.3) is 5.91 Å². The molecule has 4 rings (SSSR count). The van der Waals surface area contributed by atoms with E-state index in [1.807, 2.05) is 6.07 Å². The molecule has 0 saturated carbocycles. The van der Waals surface area contributed by atoms with E-state index in [1.165, 1.54) is 6.07 Å². The third kappa shape index (κ3) is 5.12. The van der Waals surface area contributed by atoms with Crippen LogP contribution in [0.15, 0.2) is 54.6 Å². The molecule has 2 aromatic carbocycles. The Hall–Kier alpha value is -3.51. The Morgan fingerprint density at radius 1 is 1.24 bits per heavy atom. The van der Waals surface area contributed by atoms with Crippen molar-refractivity contribution in [2.75, 3.05) is 10.6 Å². The van der Waals surface area contributed by atoms with Gasteiger partial charge in [0.1, 0.15) is 5.82 Å². The average Bonchev–Trinajstić information content (AvgIpc) is 3.21. The first-order chi connectivity index (χ1) is 15.7. The van der Waals surface area contributed by atoms with E-state index in [1.54, 1.807) is 42.5 Å². The number of hydrogen-bond acceptors (Lipinski definition) is 4. The van der Waals surface area contributed by atoms with Gasteiger partial charge in [0.15, 0.2) is 11.7 Å². The Morgan fingerprint density at radius 2 is 2.00 bits per heavy atom. The zero-order valence-corrected chi connectivity index (χ0v) is 18.0. The Morgan fingerprint density at radius 3 is 2.70 bits per heavy atom. The number of nitrogens with zero attached hydrogens (tertiary/aromatic N) is 3. The molecule has 0 fully saturated rings. The number of carbonyl (C=O) groups is 1. The van der Waals surface area contributed by atoms with Crippen molar-refractivity contribution in [2.24, 2.45) is 0 Å². The minimum absolute atomic E-state index is 0.108. The number of anilines is 2. The number of benzene rings is 2. The number of halogens is 4. The number of aryl methyl sites for hydroxylation is 1. The normalized spacial score (nSPS) is 17.5. The van der Waals surface area contributed by atoms with Crippen molar-refractivity contribution in [3.63, 3.8) is 0 Å². The summed E-state index contributed by atoms with van der Waals surface area (Å²) in [6.45, 7) is 0. The molecule has 170 valence electrons. The number of fused-ring (bicyclic) bond motifs is 1. The van der Waals surface area contributed by atoms with E-state index < -0.39 is 24.2 Å². The van der Waals surface area contributed by atoms with Crippen LogP contribution in [0.3, 0.4) is 0 Å². The van der Waals surface area contributed by atoms with Crippen LogP contribution < -0.4 is 10.6 Å². The third-order valence-electron chi connectivity index (χ3n) is 5.41. The number of hydrogen-bond donors (Lipinski definition) is 2. The Kier molecular flexibility index (Phi) is 6.29. The van der Waals surface area contributed by atoms with Crippen molar-refractivity contribution < 1.29 is 18.0 Å². The van der Waals surface area contributed by atoms with E-state index >= 15 is 0 Å². The molecular formula is C23H19ClF3N5O. The fourth-order valence-corrected chi connectivity index (χ4v) is 3.92. The van der Waals surface area contributed by atoms with Gasteiger partial charge in [0.2, 0.25) is 0 Å². The maximum Gasteiger partial charge on any atom is 0.410 e. The van der Waals surface area contributed by atoms with Crippen molar-refractivity contribution >= 4 is 29.0 Å². The maximum atomic E-state index is 13.8.